The van der Waals surface area contributed by atoms with E-state index in [-0.39, 0.29) is 28.7 Å². The second-order valence-electron chi connectivity index (χ2n) is 5.46. The molecule has 0 radical (unpaired) electrons. The molecule has 2 N–H and O–H groups in total. The molecule has 8 heteroatoms. The number of halogens is 2. The monoisotopic (exact) mass is 386 g/mol. The third-order valence-corrected chi connectivity index (χ3v) is 5.91. The Morgan fingerprint density at radius 1 is 1.20 bits per heavy atom. The largest absolute Gasteiger partial charge is 0.497 e. The molecule has 0 amide bonds. The predicted octanol–water partition coefficient (Wildman–Crippen LogP) is 3.82. The molecule has 0 aromatic heterocycles. The standard InChI is InChI=1S/C17H20ClFN2O3S/c1-3-10-25(22,23)21(11-12-4-6-13(24-2)7-5-12)15-9-8-14(18)17(20)16(15)19/h4-9H,3,10-11,20H2,1-2H3. The first-order valence-corrected chi connectivity index (χ1v) is 9.65. The lowest BCUT2D eigenvalue weighted by Crippen LogP contribution is -2.33. The predicted molar refractivity (Wildman–Crippen MR) is 99.1 cm³/mol. The molecule has 5 nitrogen and oxygen atoms in total. The first-order valence-electron chi connectivity index (χ1n) is 7.67. The van der Waals surface area contributed by atoms with Crippen LogP contribution in [0.5, 0.6) is 5.75 Å². The number of hydrogen-bond acceptors (Lipinski definition) is 4. The van der Waals surface area contributed by atoms with Crippen LogP contribution in [0.2, 0.25) is 5.02 Å². The molecule has 2 aromatic rings. The molecule has 0 aliphatic heterocycles. The van der Waals surface area contributed by atoms with Crippen molar-refractivity contribution in [2.24, 2.45) is 0 Å². The molecule has 0 unspecified atom stereocenters. The molecule has 0 aliphatic rings. The first-order chi connectivity index (χ1) is 11.8. The van der Waals surface area contributed by atoms with Gasteiger partial charge < -0.3 is 10.5 Å². The molecule has 0 aliphatic carbocycles. The number of methoxy groups -OCH3 is 1. The highest BCUT2D eigenvalue weighted by atomic mass is 35.5. The summed E-state index contributed by atoms with van der Waals surface area (Å²) in [4.78, 5) is 0. The molecule has 136 valence electrons. The van der Waals surface area contributed by atoms with Crippen molar-refractivity contribution < 1.29 is 17.5 Å². The highest BCUT2D eigenvalue weighted by molar-refractivity contribution is 7.92. The third-order valence-electron chi connectivity index (χ3n) is 3.66. The number of nitrogens with two attached hydrogens (primary N) is 1. The van der Waals surface area contributed by atoms with Crippen molar-refractivity contribution in [3.05, 3.63) is 52.8 Å². The summed E-state index contributed by atoms with van der Waals surface area (Å²) >= 11 is 5.81. The maximum Gasteiger partial charge on any atom is 0.235 e. The highest BCUT2D eigenvalue weighted by Gasteiger charge is 2.26. The van der Waals surface area contributed by atoms with Crippen LogP contribution in [0.25, 0.3) is 0 Å². The lowest BCUT2D eigenvalue weighted by molar-refractivity contribution is 0.414. The van der Waals surface area contributed by atoms with Gasteiger partial charge in [0.05, 0.1) is 35.8 Å². The number of sulfonamides is 1. The summed E-state index contributed by atoms with van der Waals surface area (Å²) in [5.41, 5.74) is 5.92. The lowest BCUT2D eigenvalue weighted by Gasteiger charge is -2.25. The molecule has 0 saturated carbocycles. The smallest absolute Gasteiger partial charge is 0.235 e. The summed E-state index contributed by atoms with van der Waals surface area (Å²) in [6, 6.07) is 9.59. The van der Waals surface area contributed by atoms with E-state index in [1.54, 1.807) is 38.3 Å². The van der Waals surface area contributed by atoms with E-state index in [9.17, 15) is 12.8 Å². The van der Waals surface area contributed by atoms with E-state index < -0.39 is 15.8 Å². The van der Waals surface area contributed by atoms with Gasteiger partial charge in [0.1, 0.15) is 5.75 Å². The van der Waals surface area contributed by atoms with E-state index in [4.69, 9.17) is 22.1 Å². The second-order valence-corrected chi connectivity index (χ2v) is 7.88. The average molecular weight is 387 g/mol. The topological polar surface area (TPSA) is 72.6 Å². The average Bonchev–Trinajstić information content (AvgIpc) is 2.59. The Bertz CT molecular complexity index is 842. The summed E-state index contributed by atoms with van der Waals surface area (Å²) in [6.07, 6.45) is 0.409. The highest BCUT2D eigenvalue weighted by Crippen LogP contribution is 2.33. The lowest BCUT2D eigenvalue weighted by atomic mass is 10.2. The zero-order valence-corrected chi connectivity index (χ0v) is 15.6. The minimum absolute atomic E-state index is 0.0235. The van der Waals surface area contributed by atoms with Crippen LogP contribution in [0, 0.1) is 5.82 Å². The van der Waals surface area contributed by atoms with Gasteiger partial charge in [0, 0.05) is 0 Å². The fraction of sp³-hybridized carbons (Fsp3) is 0.294. The summed E-state index contributed by atoms with van der Waals surface area (Å²) in [5, 5.41) is 0.0403. The minimum Gasteiger partial charge on any atom is -0.497 e. The van der Waals surface area contributed by atoms with Crippen LogP contribution in [0.3, 0.4) is 0 Å². The molecule has 0 spiro atoms. The number of anilines is 2. The van der Waals surface area contributed by atoms with Gasteiger partial charge in [-0.3, -0.25) is 4.31 Å². The van der Waals surface area contributed by atoms with Gasteiger partial charge in [-0.05, 0) is 36.2 Å². The van der Waals surface area contributed by atoms with E-state index in [0.717, 1.165) is 4.31 Å². The zero-order chi connectivity index (χ0) is 18.6. The fourth-order valence-electron chi connectivity index (χ4n) is 2.35. The molecule has 0 atom stereocenters. The van der Waals surface area contributed by atoms with Gasteiger partial charge in [0.2, 0.25) is 10.0 Å². The van der Waals surface area contributed by atoms with Crippen LogP contribution < -0.4 is 14.8 Å². The normalized spacial score (nSPS) is 11.4. The Balaban J connectivity index is 2.48. The number of hydrogen-bond donors (Lipinski definition) is 1. The van der Waals surface area contributed by atoms with Gasteiger partial charge in [0.25, 0.3) is 0 Å². The van der Waals surface area contributed by atoms with Gasteiger partial charge in [-0.25, -0.2) is 12.8 Å². The maximum atomic E-state index is 14.6. The maximum absolute atomic E-state index is 14.6. The van der Waals surface area contributed by atoms with E-state index in [2.05, 4.69) is 0 Å². The van der Waals surface area contributed by atoms with E-state index in [1.807, 2.05) is 0 Å². The van der Waals surface area contributed by atoms with Gasteiger partial charge >= 0.3 is 0 Å². The molecule has 0 bridgehead atoms. The number of benzene rings is 2. The van der Waals surface area contributed by atoms with Crippen molar-refractivity contribution in [1.82, 2.24) is 0 Å². The summed E-state index contributed by atoms with van der Waals surface area (Å²) in [7, 11) is -2.19. The van der Waals surface area contributed by atoms with Crippen molar-refractivity contribution in [3.63, 3.8) is 0 Å². The van der Waals surface area contributed by atoms with Crippen molar-refractivity contribution in [1.29, 1.82) is 0 Å². The molecule has 2 aromatic carbocycles. The summed E-state index contributed by atoms with van der Waals surface area (Å²) < 4.78 is 46.0. The van der Waals surface area contributed by atoms with Crippen molar-refractivity contribution in [3.8, 4) is 5.75 Å². The Hall–Kier alpha value is -1.99. The molecule has 25 heavy (non-hydrogen) atoms. The minimum atomic E-state index is -3.73. The van der Waals surface area contributed by atoms with E-state index in [1.165, 1.54) is 12.1 Å². The van der Waals surface area contributed by atoms with Crippen LogP contribution in [-0.4, -0.2) is 21.3 Å². The number of nitrogen functional groups attached to an aromatic ring is 1. The number of rotatable bonds is 7. The fourth-order valence-corrected chi connectivity index (χ4v) is 4.02. The second kappa shape index (κ2) is 7.93. The van der Waals surface area contributed by atoms with Crippen molar-refractivity contribution >= 4 is 33.0 Å². The van der Waals surface area contributed by atoms with Crippen LogP contribution >= 0.6 is 11.6 Å². The van der Waals surface area contributed by atoms with Gasteiger partial charge in [-0.15, -0.1) is 0 Å². The van der Waals surface area contributed by atoms with Crippen LogP contribution in [0.4, 0.5) is 15.8 Å². The number of nitrogens with zero attached hydrogens (tertiary/aromatic N) is 1. The summed E-state index contributed by atoms with van der Waals surface area (Å²) in [6.45, 7) is 1.72. The Kier molecular flexibility index (Phi) is 6.13. The van der Waals surface area contributed by atoms with Gasteiger partial charge in [-0.1, -0.05) is 30.7 Å². The summed E-state index contributed by atoms with van der Waals surface area (Å²) in [5.74, 6) is -0.306. The van der Waals surface area contributed by atoms with Crippen molar-refractivity contribution in [2.75, 3.05) is 22.9 Å². The molecular formula is C17H20ClFN2O3S. The van der Waals surface area contributed by atoms with Crippen LogP contribution in [0.15, 0.2) is 36.4 Å². The molecule has 0 heterocycles. The van der Waals surface area contributed by atoms with Crippen LogP contribution in [-0.2, 0) is 16.6 Å². The van der Waals surface area contributed by atoms with Gasteiger partial charge in [0.15, 0.2) is 5.82 Å². The Labute approximate surface area is 152 Å². The number of ether oxygens (including phenoxy) is 1. The SMILES string of the molecule is CCCS(=O)(=O)N(Cc1ccc(OC)cc1)c1ccc(Cl)c(N)c1F. The van der Waals surface area contributed by atoms with Gasteiger partial charge in [-0.2, -0.15) is 0 Å². The molecule has 0 fully saturated rings. The van der Waals surface area contributed by atoms with Crippen LogP contribution in [0.1, 0.15) is 18.9 Å². The van der Waals surface area contributed by atoms with E-state index >= 15 is 0 Å². The van der Waals surface area contributed by atoms with Crippen molar-refractivity contribution in [2.45, 2.75) is 19.9 Å². The quantitative estimate of drug-likeness (QED) is 0.734. The first kappa shape index (κ1) is 19.3. The zero-order valence-electron chi connectivity index (χ0n) is 14.0. The van der Waals surface area contributed by atoms with E-state index in [0.29, 0.717) is 17.7 Å². The molecule has 0 saturated heterocycles. The Morgan fingerprint density at radius 2 is 1.84 bits per heavy atom. The molecule has 2 rings (SSSR count). The molecular weight excluding hydrogens is 367 g/mol. The third kappa shape index (κ3) is 4.35. The Morgan fingerprint density at radius 3 is 2.40 bits per heavy atom.